The third-order valence-corrected chi connectivity index (χ3v) is 11.4. The van der Waals surface area contributed by atoms with E-state index in [1.165, 1.54) is 18.1 Å². The van der Waals surface area contributed by atoms with E-state index in [1.54, 1.807) is 48.6 Å². The number of hydrazine groups is 1. The maximum Gasteiger partial charge on any atom is 0.417 e. The number of hydrogen-bond donors (Lipinski definition) is 2. The van der Waals surface area contributed by atoms with Gasteiger partial charge in [0, 0.05) is 23.7 Å². The summed E-state index contributed by atoms with van der Waals surface area (Å²) in [4.78, 5) is 62.4. The molecule has 2 aliphatic carbocycles. The summed E-state index contributed by atoms with van der Waals surface area (Å²) in [5.74, 6) is -6.27. The molecule has 4 aliphatic rings. The SMILES string of the molecule is CCCN1C(=O)[C@H]2[C@H](CC=C3[C@H]2C[C@H]2C(=O)N(Nc4ncc(C(F)(F)F)cc4Cl)C(=O)[C@@]2(c2ccc(Cl)cc2)[C@H]3C=Cc2ccc(O)c(OC)c2)C1=O. The van der Waals surface area contributed by atoms with Gasteiger partial charge < -0.3 is 9.84 Å². The number of benzene rings is 2. The number of pyridine rings is 1. The molecule has 1 aromatic heterocycles. The van der Waals surface area contributed by atoms with E-state index in [1.807, 2.05) is 13.0 Å². The number of rotatable bonds is 8. The number of nitrogens with zero attached hydrogens (tertiary/aromatic N) is 3. The number of carbonyl (C=O) groups is 4. The predicted octanol–water partition coefficient (Wildman–Crippen LogP) is 7.06. The van der Waals surface area contributed by atoms with Gasteiger partial charge in [0.15, 0.2) is 17.3 Å². The number of carbonyl (C=O) groups excluding carboxylic acids is 4. The Balaban J connectivity index is 1.41. The van der Waals surface area contributed by atoms with Gasteiger partial charge in [-0.25, -0.2) is 4.98 Å². The van der Waals surface area contributed by atoms with Crippen LogP contribution in [0.25, 0.3) is 6.08 Å². The summed E-state index contributed by atoms with van der Waals surface area (Å²) in [5.41, 5.74) is 1.56. The lowest BCUT2D eigenvalue weighted by Gasteiger charge is -2.49. The van der Waals surface area contributed by atoms with Gasteiger partial charge in [-0.2, -0.15) is 18.2 Å². The number of aromatic hydroxyl groups is 1. The van der Waals surface area contributed by atoms with Crippen molar-refractivity contribution in [1.82, 2.24) is 14.9 Å². The third kappa shape index (κ3) is 5.84. The molecule has 6 atom stereocenters. The molecule has 3 fully saturated rings. The molecule has 1 saturated carbocycles. The van der Waals surface area contributed by atoms with Crippen molar-refractivity contribution in [3.05, 3.63) is 99.2 Å². The molecule has 2 N–H and O–H groups in total. The number of fused-ring (bicyclic) bond motifs is 4. The summed E-state index contributed by atoms with van der Waals surface area (Å²) in [7, 11) is 1.40. The summed E-state index contributed by atoms with van der Waals surface area (Å²) in [6, 6.07) is 11.8. The highest BCUT2D eigenvalue weighted by Gasteiger charge is 2.69. The fourth-order valence-electron chi connectivity index (χ4n) is 8.54. The molecular weight excluding hydrogens is 736 g/mol. The molecule has 3 aromatic rings. The number of anilines is 1. The van der Waals surface area contributed by atoms with Crippen LogP contribution in [0.15, 0.2) is 72.5 Å². The normalized spacial score (nSPS) is 26.8. The molecule has 0 bridgehead atoms. The monoisotopic (exact) mass is 768 g/mol. The average Bonchev–Trinajstić information content (AvgIpc) is 3.49. The Kier molecular flexibility index (Phi) is 9.30. The van der Waals surface area contributed by atoms with Crippen LogP contribution in [0.3, 0.4) is 0 Å². The van der Waals surface area contributed by atoms with Crippen molar-refractivity contribution in [1.29, 1.82) is 0 Å². The van der Waals surface area contributed by atoms with Crippen LogP contribution in [0, 0.1) is 29.6 Å². The summed E-state index contributed by atoms with van der Waals surface area (Å²) >= 11 is 12.5. The van der Waals surface area contributed by atoms with Crippen LogP contribution >= 0.6 is 23.2 Å². The van der Waals surface area contributed by atoms with E-state index in [-0.39, 0.29) is 48.5 Å². The number of likely N-dealkylation sites (tertiary alicyclic amines) is 1. The van der Waals surface area contributed by atoms with Crippen molar-refractivity contribution in [3.63, 3.8) is 0 Å². The second-order valence-electron chi connectivity index (χ2n) is 13.6. The number of amides is 4. The van der Waals surface area contributed by atoms with Gasteiger partial charge in [0.1, 0.15) is 0 Å². The van der Waals surface area contributed by atoms with Crippen molar-refractivity contribution in [2.45, 2.75) is 37.8 Å². The number of phenols is 1. The Morgan fingerprint density at radius 3 is 2.43 bits per heavy atom. The number of ether oxygens (including phenoxy) is 1. The smallest absolute Gasteiger partial charge is 0.417 e. The highest BCUT2D eigenvalue weighted by Crippen LogP contribution is 2.61. The van der Waals surface area contributed by atoms with Gasteiger partial charge in [-0.05, 0) is 66.6 Å². The average molecular weight is 770 g/mol. The minimum Gasteiger partial charge on any atom is -0.504 e. The van der Waals surface area contributed by atoms with Gasteiger partial charge in [0.25, 0.3) is 11.8 Å². The van der Waals surface area contributed by atoms with E-state index < -0.39 is 63.6 Å². The molecule has 3 heterocycles. The van der Waals surface area contributed by atoms with E-state index in [0.717, 1.165) is 5.01 Å². The summed E-state index contributed by atoms with van der Waals surface area (Å²) in [5, 5.41) is 10.9. The van der Waals surface area contributed by atoms with E-state index in [0.29, 0.717) is 40.4 Å². The quantitative estimate of drug-likeness (QED) is 0.184. The van der Waals surface area contributed by atoms with E-state index >= 15 is 4.79 Å². The fraction of sp³-hybridized carbons (Fsp3) is 0.342. The zero-order valence-electron chi connectivity index (χ0n) is 28.4. The van der Waals surface area contributed by atoms with Crippen molar-refractivity contribution >= 4 is 58.7 Å². The topological polar surface area (TPSA) is 129 Å². The van der Waals surface area contributed by atoms with E-state index in [2.05, 4.69) is 10.4 Å². The lowest BCUT2D eigenvalue weighted by atomic mass is 9.50. The Bertz CT molecular complexity index is 2090. The first kappa shape index (κ1) is 36.5. The van der Waals surface area contributed by atoms with Gasteiger partial charge in [0.05, 0.1) is 40.9 Å². The standard InChI is InChI=1S/C38H33Cl2F3N4O6/c1-3-14-46-33(49)24-11-10-23-25(31(24)35(46)51)17-27-34(50)47(45-32-28(40)16-21(18-44-32)38(41,42)43)36(52)37(27,20-6-8-22(39)9-7-20)26(23)12-4-19-5-13-29(48)30(15-19)53-2/h4-10,12-13,15-16,18,24-27,31,48H,3,11,14,17H2,1-2H3,(H,44,45)/t24-,25+,26-,27-,31-,37-/m0/s1. The molecule has 2 saturated heterocycles. The number of halogens is 5. The highest BCUT2D eigenvalue weighted by molar-refractivity contribution is 6.33. The second kappa shape index (κ2) is 13.5. The number of phenolic OH excluding ortho intramolecular Hbond substituents is 1. The largest absolute Gasteiger partial charge is 0.504 e. The first-order chi connectivity index (χ1) is 25.2. The van der Waals surface area contributed by atoms with Gasteiger partial charge >= 0.3 is 6.18 Å². The number of aromatic nitrogens is 1. The molecule has 2 aromatic carbocycles. The molecule has 0 radical (unpaired) electrons. The number of methoxy groups -OCH3 is 1. The Labute approximate surface area is 312 Å². The van der Waals surface area contributed by atoms with E-state index in [4.69, 9.17) is 27.9 Å². The minimum atomic E-state index is -4.74. The molecule has 4 amide bonds. The Morgan fingerprint density at radius 2 is 1.77 bits per heavy atom. The summed E-state index contributed by atoms with van der Waals surface area (Å²) in [6.07, 6.45) is 2.03. The summed E-state index contributed by atoms with van der Waals surface area (Å²) < 4.78 is 45.6. The van der Waals surface area contributed by atoms with Crippen molar-refractivity contribution in [3.8, 4) is 11.5 Å². The maximum atomic E-state index is 15.1. The number of allylic oxidation sites excluding steroid dienone is 3. The number of alkyl halides is 3. The second-order valence-corrected chi connectivity index (χ2v) is 14.4. The maximum absolute atomic E-state index is 15.1. The first-order valence-corrected chi connectivity index (χ1v) is 17.7. The molecule has 7 rings (SSSR count). The van der Waals surface area contributed by atoms with Gasteiger partial charge in [-0.3, -0.25) is 29.5 Å². The number of imide groups is 2. The predicted molar refractivity (Wildman–Crippen MR) is 188 cm³/mol. The molecule has 276 valence electrons. The molecule has 10 nitrogen and oxygen atoms in total. The number of nitrogens with one attached hydrogen (secondary N) is 1. The fourth-order valence-corrected chi connectivity index (χ4v) is 8.88. The van der Waals surface area contributed by atoms with Crippen molar-refractivity contribution < 1.29 is 42.2 Å². The van der Waals surface area contributed by atoms with Crippen molar-refractivity contribution in [2.24, 2.45) is 29.6 Å². The molecule has 15 heteroatoms. The van der Waals surface area contributed by atoms with Crippen LogP contribution in [-0.2, 0) is 30.8 Å². The molecule has 2 aliphatic heterocycles. The van der Waals surface area contributed by atoms with Crippen LogP contribution in [0.4, 0.5) is 19.0 Å². The van der Waals surface area contributed by atoms with Gasteiger partial charge in [0.2, 0.25) is 11.8 Å². The van der Waals surface area contributed by atoms with Crippen LogP contribution in [0.5, 0.6) is 11.5 Å². The van der Waals surface area contributed by atoms with Gasteiger partial charge in [-0.1, -0.05) is 72.1 Å². The molecule has 0 spiro atoms. The lowest BCUT2D eigenvalue weighted by molar-refractivity contribution is -0.141. The van der Waals surface area contributed by atoms with Gasteiger partial charge in [-0.15, -0.1) is 0 Å². The van der Waals surface area contributed by atoms with E-state index in [9.17, 15) is 32.7 Å². The molecule has 0 unspecified atom stereocenters. The van der Waals surface area contributed by atoms with Crippen LogP contribution < -0.4 is 10.2 Å². The van der Waals surface area contributed by atoms with Crippen LogP contribution in [0.2, 0.25) is 10.0 Å². The Hall–Kier alpha value is -4.88. The van der Waals surface area contributed by atoms with Crippen molar-refractivity contribution in [2.75, 3.05) is 19.1 Å². The molecule has 53 heavy (non-hydrogen) atoms. The zero-order valence-corrected chi connectivity index (χ0v) is 29.9. The number of hydrogen-bond acceptors (Lipinski definition) is 8. The Morgan fingerprint density at radius 1 is 1.04 bits per heavy atom. The zero-order chi connectivity index (χ0) is 38.0. The summed E-state index contributed by atoms with van der Waals surface area (Å²) in [6.45, 7) is 2.13. The highest BCUT2D eigenvalue weighted by atomic mass is 35.5. The minimum absolute atomic E-state index is 0.0168. The third-order valence-electron chi connectivity index (χ3n) is 10.8. The lowest BCUT2D eigenvalue weighted by Crippen LogP contribution is -2.54. The van der Waals surface area contributed by atoms with Crippen LogP contribution in [0.1, 0.15) is 42.9 Å². The molecular formula is C38H33Cl2F3N4O6. The first-order valence-electron chi connectivity index (χ1n) is 17.0. The van der Waals surface area contributed by atoms with Crippen LogP contribution in [-0.4, -0.2) is 57.3 Å².